The van der Waals surface area contributed by atoms with Gasteiger partial charge in [-0.25, -0.2) is 9.97 Å². The van der Waals surface area contributed by atoms with Crippen LogP contribution in [0.25, 0.3) is 11.1 Å². The topological polar surface area (TPSA) is 85.3 Å². The average Bonchev–Trinajstić information content (AvgIpc) is 3.41. The molecule has 0 aliphatic carbocycles. The van der Waals surface area contributed by atoms with Crippen molar-refractivity contribution in [2.24, 2.45) is 0 Å². The van der Waals surface area contributed by atoms with Gasteiger partial charge in [0.25, 0.3) is 11.6 Å². The van der Waals surface area contributed by atoms with E-state index < -0.39 is 0 Å². The summed E-state index contributed by atoms with van der Waals surface area (Å²) in [5.41, 5.74) is 3.49. The lowest BCUT2D eigenvalue weighted by Crippen LogP contribution is -2.39. The van der Waals surface area contributed by atoms with Crippen molar-refractivity contribution in [2.75, 3.05) is 13.1 Å². The van der Waals surface area contributed by atoms with Gasteiger partial charge in [-0.2, -0.15) is 0 Å². The number of likely N-dealkylation sites (tertiary alicyclic amines) is 1. The molecule has 1 fully saturated rings. The summed E-state index contributed by atoms with van der Waals surface area (Å²) in [6, 6.07) is 9.51. The van der Waals surface area contributed by atoms with E-state index in [1.165, 1.54) is 0 Å². The molecule has 1 atom stereocenters. The number of amides is 1. The maximum absolute atomic E-state index is 13.4. The second-order valence-electron chi connectivity index (χ2n) is 8.32. The molecular weight excluding hydrogens is 428 g/mol. The molecule has 1 aromatic carbocycles. The van der Waals surface area contributed by atoms with Crippen LogP contribution in [0.4, 0.5) is 0 Å². The van der Waals surface area contributed by atoms with Gasteiger partial charge in [-0.05, 0) is 50.5 Å². The number of nitrogens with zero attached hydrogens (tertiary/aromatic N) is 4. The Morgan fingerprint density at radius 3 is 2.88 bits per heavy atom. The van der Waals surface area contributed by atoms with Crippen LogP contribution in [0.5, 0.6) is 0 Å². The van der Waals surface area contributed by atoms with Crippen molar-refractivity contribution in [3.8, 4) is 0 Å². The maximum Gasteiger partial charge on any atom is 0.258 e. The third kappa shape index (κ3) is 4.00. The highest BCUT2D eigenvalue weighted by atomic mass is 35.5. The fourth-order valence-electron chi connectivity index (χ4n) is 4.32. The Hall–Kier alpha value is -3.19. The molecule has 4 aromatic rings. The molecule has 1 unspecified atom stereocenters. The summed E-state index contributed by atoms with van der Waals surface area (Å²) in [5, 5.41) is 5.38. The minimum absolute atomic E-state index is 0.0376. The molecule has 0 bridgehead atoms. The number of carbonyl (C=O) groups excluding carboxylic acids is 1. The molecule has 164 valence electrons. The summed E-state index contributed by atoms with van der Waals surface area (Å²) in [5.74, 6) is 1.51. The summed E-state index contributed by atoms with van der Waals surface area (Å²) in [7, 11) is 0. The van der Waals surface area contributed by atoms with Gasteiger partial charge in [0.2, 0.25) is 0 Å². The second-order valence-corrected chi connectivity index (χ2v) is 8.75. The molecule has 1 saturated heterocycles. The number of pyridine rings is 1. The van der Waals surface area contributed by atoms with Crippen molar-refractivity contribution < 1.29 is 13.7 Å². The molecule has 5 rings (SSSR count). The second kappa shape index (κ2) is 8.39. The van der Waals surface area contributed by atoms with E-state index in [1.807, 2.05) is 49.1 Å². The van der Waals surface area contributed by atoms with Crippen LogP contribution in [0.1, 0.15) is 57.7 Å². The van der Waals surface area contributed by atoms with Gasteiger partial charge in [0.05, 0.1) is 28.8 Å². The average molecular weight is 451 g/mol. The summed E-state index contributed by atoms with van der Waals surface area (Å²) < 4.78 is 11.4. The van der Waals surface area contributed by atoms with Gasteiger partial charge in [0.15, 0.2) is 5.89 Å². The number of aryl methyl sites for hydroxylation is 2. The number of oxazole rings is 1. The minimum atomic E-state index is -0.0376. The quantitative estimate of drug-likeness (QED) is 0.430. The van der Waals surface area contributed by atoms with E-state index >= 15 is 0 Å². The maximum atomic E-state index is 13.4. The zero-order valence-corrected chi connectivity index (χ0v) is 18.7. The van der Waals surface area contributed by atoms with Crippen molar-refractivity contribution in [1.29, 1.82) is 0 Å². The molecule has 0 spiro atoms. The first-order chi connectivity index (χ1) is 15.5. The fourth-order valence-corrected chi connectivity index (χ4v) is 4.44. The van der Waals surface area contributed by atoms with Crippen molar-refractivity contribution in [1.82, 2.24) is 20.0 Å². The van der Waals surface area contributed by atoms with E-state index in [0.717, 1.165) is 29.9 Å². The monoisotopic (exact) mass is 450 g/mol. The third-order valence-corrected chi connectivity index (χ3v) is 6.15. The molecule has 7 nitrogen and oxygen atoms in total. The molecule has 8 heteroatoms. The zero-order valence-electron chi connectivity index (χ0n) is 18.0. The summed E-state index contributed by atoms with van der Waals surface area (Å²) in [6.45, 7) is 4.93. The highest BCUT2D eigenvalue weighted by Gasteiger charge is 2.30. The molecule has 3 aromatic heterocycles. The van der Waals surface area contributed by atoms with Crippen LogP contribution in [-0.4, -0.2) is 39.0 Å². The molecule has 0 saturated carbocycles. The molecule has 1 aliphatic rings. The number of halogens is 1. The van der Waals surface area contributed by atoms with Gasteiger partial charge in [0.1, 0.15) is 5.76 Å². The summed E-state index contributed by atoms with van der Waals surface area (Å²) >= 11 is 5.97. The van der Waals surface area contributed by atoms with Crippen molar-refractivity contribution in [3.63, 3.8) is 0 Å². The van der Waals surface area contributed by atoms with Gasteiger partial charge in [-0.1, -0.05) is 28.9 Å². The van der Waals surface area contributed by atoms with E-state index in [9.17, 15) is 4.79 Å². The molecule has 32 heavy (non-hydrogen) atoms. The van der Waals surface area contributed by atoms with Crippen molar-refractivity contribution in [3.05, 3.63) is 75.7 Å². The lowest BCUT2D eigenvalue weighted by Gasteiger charge is -2.31. The van der Waals surface area contributed by atoms with E-state index in [4.69, 9.17) is 20.5 Å². The molecule has 4 heterocycles. The van der Waals surface area contributed by atoms with E-state index in [2.05, 4.69) is 15.1 Å². The normalized spacial score (nSPS) is 16.6. The Morgan fingerprint density at radius 1 is 1.25 bits per heavy atom. The van der Waals surface area contributed by atoms with Crippen LogP contribution in [-0.2, 0) is 6.42 Å². The van der Waals surface area contributed by atoms with Gasteiger partial charge in [-0.3, -0.25) is 4.79 Å². The lowest BCUT2D eigenvalue weighted by atomic mass is 9.97. The Labute approximate surface area is 190 Å². The number of benzene rings is 1. The largest absolute Gasteiger partial charge is 0.445 e. The molecule has 1 aliphatic heterocycles. The minimum Gasteiger partial charge on any atom is -0.445 e. The summed E-state index contributed by atoms with van der Waals surface area (Å²) in [4.78, 5) is 24.2. The molecular formula is C24H23ClN4O3. The number of piperidine rings is 1. The fraction of sp³-hybridized carbons (Fsp3) is 0.333. The van der Waals surface area contributed by atoms with Crippen molar-refractivity contribution >= 4 is 28.6 Å². The van der Waals surface area contributed by atoms with Crippen LogP contribution in [0.15, 0.2) is 45.5 Å². The van der Waals surface area contributed by atoms with E-state index in [1.54, 1.807) is 6.20 Å². The highest BCUT2D eigenvalue weighted by molar-refractivity contribution is 6.30. The van der Waals surface area contributed by atoms with Crippen LogP contribution < -0.4 is 0 Å². The standard InChI is InChI=1S/C24H23ClN4O3/c1-14-10-20(21-15(2)28-32-23(21)27-14)24(30)29-9-3-4-17(13-29)22-26-12-19(31-22)11-16-5-7-18(25)8-6-16/h5-8,10,12,17H,3-4,9,11,13H2,1-2H3. The number of aromatic nitrogens is 3. The molecule has 1 amide bonds. The lowest BCUT2D eigenvalue weighted by molar-refractivity contribution is 0.0699. The van der Waals surface area contributed by atoms with Crippen LogP contribution in [0, 0.1) is 13.8 Å². The van der Waals surface area contributed by atoms with Gasteiger partial charge >= 0.3 is 0 Å². The van der Waals surface area contributed by atoms with Gasteiger partial charge in [0, 0.05) is 30.2 Å². The first kappa shape index (κ1) is 20.7. The zero-order chi connectivity index (χ0) is 22.2. The van der Waals surface area contributed by atoms with Crippen LogP contribution in [0.3, 0.4) is 0 Å². The van der Waals surface area contributed by atoms with Crippen LogP contribution >= 0.6 is 11.6 Å². The molecule has 0 radical (unpaired) electrons. The highest BCUT2D eigenvalue weighted by Crippen LogP contribution is 2.30. The third-order valence-electron chi connectivity index (χ3n) is 5.90. The number of carbonyl (C=O) groups is 1. The van der Waals surface area contributed by atoms with Crippen molar-refractivity contribution in [2.45, 2.75) is 39.0 Å². The smallest absolute Gasteiger partial charge is 0.258 e. The molecule has 0 N–H and O–H groups in total. The number of fused-ring (bicyclic) bond motifs is 1. The Balaban J connectivity index is 1.34. The van der Waals surface area contributed by atoms with Gasteiger partial charge < -0.3 is 13.8 Å². The predicted molar refractivity (Wildman–Crippen MR) is 120 cm³/mol. The van der Waals surface area contributed by atoms with Gasteiger partial charge in [-0.15, -0.1) is 0 Å². The van der Waals surface area contributed by atoms with E-state index in [-0.39, 0.29) is 11.8 Å². The first-order valence-corrected chi connectivity index (χ1v) is 11.1. The predicted octanol–water partition coefficient (Wildman–Crippen LogP) is 5.09. The summed E-state index contributed by atoms with van der Waals surface area (Å²) in [6.07, 6.45) is 4.25. The SMILES string of the molecule is Cc1cc(C(=O)N2CCCC(c3ncc(Cc4ccc(Cl)cc4)o3)C2)c2c(C)noc2n1. The Bertz CT molecular complexity index is 1280. The Morgan fingerprint density at radius 2 is 2.06 bits per heavy atom. The Kier molecular flexibility index (Phi) is 5.43. The first-order valence-electron chi connectivity index (χ1n) is 10.7. The number of rotatable bonds is 4. The number of hydrogen-bond donors (Lipinski definition) is 0. The van der Waals surface area contributed by atoms with Crippen LogP contribution in [0.2, 0.25) is 5.02 Å². The number of hydrogen-bond acceptors (Lipinski definition) is 6. The van der Waals surface area contributed by atoms with E-state index in [0.29, 0.717) is 52.8 Å².